The highest BCUT2D eigenvalue weighted by atomic mass is 32.2. The molecule has 20 heavy (non-hydrogen) atoms. The number of benzene rings is 1. The molecule has 1 aromatic rings. The minimum absolute atomic E-state index is 0.0179. The van der Waals surface area contributed by atoms with E-state index in [2.05, 4.69) is 5.32 Å². The summed E-state index contributed by atoms with van der Waals surface area (Å²) in [6.07, 6.45) is 0. The Labute approximate surface area is 120 Å². The van der Waals surface area contributed by atoms with Crippen molar-refractivity contribution in [3.05, 3.63) is 29.8 Å². The lowest BCUT2D eigenvalue weighted by atomic mass is 10.2. The second kappa shape index (κ2) is 6.71. The van der Waals surface area contributed by atoms with Gasteiger partial charge in [0, 0.05) is 18.8 Å². The van der Waals surface area contributed by atoms with E-state index in [0.29, 0.717) is 11.3 Å². The van der Waals surface area contributed by atoms with Crippen molar-refractivity contribution in [3.8, 4) is 0 Å². The molecular weight excluding hydrogens is 278 g/mol. The van der Waals surface area contributed by atoms with Gasteiger partial charge in [0.1, 0.15) is 0 Å². The first-order chi connectivity index (χ1) is 9.20. The Morgan fingerprint density at radius 3 is 2.35 bits per heavy atom. The minimum Gasteiger partial charge on any atom is -0.399 e. The smallest absolute Gasteiger partial charge is 0.235 e. The number of hydrogen-bond donors (Lipinski definition) is 2. The summed E-state index contributed by atoms with van der Waals surface area (Å²) >= 11 is 0. The second-order valence-electron chi connectivity index (χ2n) is 4.98. The Hall–Kier alpha value is -1.60. The van der Waals surface area contributed by atoms with Crippen LogP contribution in [0.2, 0.25) is 0 Å². The van der Waals surface area contributed by atoms with Crippen LogP contribution in [0.4, 0.5) is 5.69 Å². The molecule has 6 nitrogen and oxygen atoms in total. The van der Waals surface area contributed by atoms with Gasteiger partial charge in [-0.2, -0.15) is 4.31 Å². The van der Waals surface area contributed by atoms with Crippen LogP contribution in [-0.4, -0.2) is 38.3 Å². The summed E-state index contributed by atoms with van der Waals surface area (Å²) in [4.78, 5) is 11.6. The molecule has 0 saturated carbocycles. The number of carbonyl (C=O) groups excluding carboxylic acids is 1. The van der Waals surface area contributed by atoms with E-state index in [4.69, 9.17) is 5.73 Å². The van der Waals surface area contributed by atoms with E-state index in [1.807, 2.05) is 13.8 Å². The average Bonchev–Trinajstić information content (AvgIpc) is 2.30. The van der Waals surface area contributed by atoms with Crippen LogP contribution in [0.25, 0.3) is 0 Å². The van der Waals surface area contributed by atoms with Gasteiger partial charge in [0.25, 0.3) is 0 Å². The van der Waals surface area contributed by atoms with Crippen LogP contribution in [0.3, 0.4) is 0 Å². The zero-order valence-electron chi connectivity index (χ0n) is 12.0. The molecule has 0 saturated heterocycles. The molecule has 3 N–H and O–H groups in total. The van der Waals surface area contributed by atoms with Crippen LogP contribution in [0, 0.1) is 0 Å². The van der Waals surface area contributed by atoms with E-state index in [9.17, 15) is 13.2 Å². The summed E-state index contributed by atoms with van der Waals surface area (Å²) in [6.45, 7) is 3.46. The number of nitrogens with one attached hydrogen (secondary N) is 1. The molecule has 0 radical (unpaired) electrons. The number of anilines is 1. The number of nitrogens with zero attached hydrogens (tertiary/aromatic N) is 1. The van der Waals surface area contributed by atoms with Gasteiger partial charge in [-0.15, -0.1) is 0 Å². The van der Waals surface area contributed by atoms with E-state index in [-0.39, 0.29) is 24.2 Å². The fourth-order valence-electron chi connectivity index (χ4n) is 1.60. The lowest BCUT2D eigenvalue weighted by Crippen LogP contribution is -2.41. The largest absolute Gasteiger partial charge is 0.399 e. The normalized spacial score (nSPS) is 11.8. The highest BCUT2D eigenvalue weighted by Gasteiger charge is 2.21. The van der Waals surface area contributed by atoms with Gasteiger partial charge in [-0.05, 0) is 31.5 Å². The predicted octanol–water partition coefficient (Wildman–Crippen LogP) is 0.555. The topological polar surface area (TPSA) is 92.5 Å². The van der Waals surface area contributed by atoms with Crippen LogP contribution < -0.4 is 11.1 Å². The molecule has 0 atom stereocenters. The van der Waals surface area contributed by atoms with E-state index in [1.54, 1.807) is 24.3 Å². The molecule has 0 aliphatic rings. The molecule has 0 heterocycles. The first kappa shape index (κ1) is 16.5. The van der Waals surface area contributed by atoms with Crippen molar-refractivity contribution < 1.29 is 13.2 Å². The molecule has 0 fully saturated rings. The maximum Gasteiger partial charge on any atom is 0.235 e. The summed E-state index contributed by atoms with van der Waals surface area (Å²) in [7, 11) is -2.13. The Kier molecular flexibility index (Phi) is 5.52. The van der Waals surface area contributed by atoms with Crippen molar-refractivity contribution in [1.29, 1.82) is 0 Å². The Balaban J connectivity index is 2.68. The van der Waals surface area contributed by atoms with Crippen molar-refractivity contribution in [2.24, 2.45) is 0 Å². The van der Waals surface area contributed by atoms with E-state index in [1.165, 1.54) is 7.05 Å². The van der Waals surface area contributed by atoms with Crippen molar-refractivity contribution in [2.45, 2.75) is 25.6 Å². The number of sulfonamides is 1. The number of likely N-dealkylation sites (N-methyl/N-ethyl adjacent to an activating group) is 1. The summed E-state index contributed by atoms with van der Waals surface area (Å²) in [5, 5.41) is 2.66. The zero-order valence-corrected chi connectivity index (χ0v) is 12.8. The first-order valence-corrected chi connectivity index (χ1v) is 7.89. The van der Waals surface area contributed by atoms with E-state index >= 15 is 0 Å². The van der Waals surface area contributed by atoms with Gasteiger partial charge in [0.15, 0.2) is 0 Å². The standard InChI is InChI=1S/C13H21N3O3S/c1-10(2)15-13(17)8-16(3)20(18,19)9-11-4-6-12(14)7-5-11/h4-7,10H,8-9,14H2,1-3H3,(H,15,17). The molecule has 0 bridgehead atoms. The maximum absolute atomic E-state index is 12.1. The van der Waals surface area contributed by atoms with Gasteiger partial charge in [-0.1, -0.05) is 12.1 Å². The van der Waals surface area contributed by atoms with Crippen molar-refractivity contribution in [2.75, 3.05) is 19.3 Å². The van der Waals surface area contributed by atoms with Crippen molar-refractivity contribution >= 4 is 21.6 Å². The van der Waals surface area contributed by atoms with Gasteiger partial charge in [-0.3, -0.25) is 4.79 Å². The number of hydrogen-bond acceptors (Lipinski definition) is 4. The number of rotatable bonds is 6. The molecule has 112 valence electrons. The highest BCUT2D eigenvalue weighted by molar-refractivity contribution is 7.88. The van der Waals surface area contributed by atoms with Crippen LogP contribution in [0.1, 0.15) is 19.4 Å². The number of nitrogens with two attached hydrogens (primary N) is 1. The lowest BCUT2D eigenvalue weighted by Gasteiger charge is -2.18. The molecule has 0 aliphatic heterocycles. The van der Waals surface area contributed by atoms with Gasteiger partial charge in [0.05, 0.1) is 12.3 Å². The van der Waals surface area contributed by atoms with Crippen LogP contribution in [0.5, 0.6) is 0 Å². The monoisotopic (exact) mass is 299 g/mol. The van der Waals surface area contributed by atoms with Crippen LogP contribution in [0.15, 0.2) is 24.3 Å². The van der Waals surface area contributed by atoms with E-state index < -0.39 is 10.0 Å². The fourth-order valence-corrected chi connectivity index (χ4v) is 2.75. The summed E-state index contributed by atoms with van der Waals surface area (Å²) in [6, 6.07) is 6.60. The quantitative estimate of drug-likeness (QED) is 0.750. The van der Waals surface area contributed by atoms with Crippen LogP contribution in [-0.2, 0) is 20.6 Å². The number of nitrogen functional groups attached to an aromatic ring is 1. The van der Waals surface area contributed by atoms with Crippen molar-refractivity contribution in [3.63, 3.8) is 0 Å². The molecule has 7 heteroatoms. The van der Waals surface area contributed by atoms with E-state index in [0.717, 1.165) is 4.31 Å². The Morgan fingerprint density at radius 1 is 1.30 bits per heavy atom. The molecule has 1 rings (SSSR count). The molecule has 0 aliphatic carbocycles. The average molecular weight is 299 g/mol. The maximum atomic E-state index is 12.1. The third kappa shape index (κ3) is 5.18. The van der Waals surface area contributed by atoms with Gasteiger partial charge in [-0.25, -0.2) is 8.42 Å². The molecule has 0 spiro atoms. The summed E-state index contributed by atoms with van der Waals surface area (Å²) in [5.41, 5.74) is 6.76. The van der Waals surface area contributed by atoms with Gasteiger partial charge >= 0.3 is 0 Å². The third-order valence-corrected chi connectivity index (χ3v) is 4.40. The molecular formula is C13H21N3O3S. The fraction of sp³-hybridized carbons (Fsp3) is 0.462. The Bertz CT molecular complexity index is 553. The molecule has 1 amide bonds. The van der Waals surface area contributed by atoms with Gasteiger partial charge < -0.3 is 11.1 Å². The lowest BCUT2D eigenvalue weighted by molar-refractivity contribution is -0.121. The summed E-state index contributed by atoms with van der Waals surface area (Å²) in [5.74, 6) is -0.470. The molecule has 0 aromatic heterocycles. The number of amides is 1. The zero-order chi connectivity index (χ0) is 15.3. The highest BCUT2D eigenvalue weighted by Crippen LogP contribution is 2.11. The summed E-state index contributed by atoms with van der Waals surface area (Å²) < 4.78 is 25.3. The SMILES string of the molecule is CC(C)NC(=O)CN(C)S(=O)(=O)Cc1ccc(N)cc1. The minimum atomic E-state index is -3.53. The second-order valence-corrected chi connectivity index (χ2v) is 7.05. The molecule has 0 unspecified atom stereocenters. The Morgan fingerprint density at radius 2 is 1.85 bits per heavy atom. The van der Waals surface area contributed by atoms with Gasteiger partial charge in [0.2, 0.25) is 15.9 Å². The van der Waals surface area contributed by atoms with Crippen molar-refractivity contribution in [1.82, 2.24) is 9.62 Å². The predicted molar refractivity (Wildman–Crippen MR) is 79.4 cm³/mol. The number of carbonyl (C=O) groups is 1. The van der Waals surface area contributed by atoms with Crippen LogP contribution >= 0.6 is 0 Å². The third-order valence-electron chi connectivity index (χ3n) is 2.62. The first-order valence-electron chi connectivity index (χ1n) is 6.28. The molecule has 1 aromatic carbocycles.